The average molecular weight is 494 g/mol. The highest BCUT2D eigenvalue weighted by Gasteiger charge is 2.42. The maximum Gasteiger partial charge on any atom is 0.416 e. The summed E-state index contributed by atoms with van der Waals surface area (Å²) in [7, 11) is 3.84. The third-order valence-electron chi connectivity index (χ3n) is 7.60. The molecular weight excluding hydrogens is 459 g/mol. The number of carbonyl (C=O) groups is 1. The maximum absolute atomic E-state index is 13.4. The van der Waals surface area contributed by atoms with Crippen molar-refractivity contribution >= 4 is 22.6 Å². The molecule has 2 fully saturated rings. The molecule has 1 N–H and O–H groups in total. The lowest BCUT2D eigenvalue weighted by Gasteiger charge is -2.44. The normalized spacial score (nSPS) is 25.7. The number of likely N-dealkylation sites (tertiary alicyclic amines) is 1. The predicted molar refractivity (Wildman–Crippen MR) is 128 cm³/mol. The number of hydrogen-bond donors (Lipinski definition) is 1. The summed E-state index contributed by atoms with van der Waals surface area (Å²) in [5, 5.41) is 3.37. The van der Waals surface area contributed by atoms with Crippen LogP contribution >= 0.6 is 0 Å². The van der Waals surface area contributed by atoms with Crippen molar-refractivity contribution in [2.45, 2.75) is 69.9 Å². The van der Waals surface area contributed by atoms with E-state index >= 15 is 0 Å². The largest absolute Gasteiger partial charge is 0.416 e. The van der Waals surface area contributed by atoms with Gasteiger partial charge in [-0.2, -0.15) is 13.2 Å². The molecule has 2 aliphatic rings. The monoisotopic (exact) mass is 493 g/mol. The molecule has 35 heavy (non-hydrogen) atoms. The minimum atomic E-state index is -4.47. The first-order chi connectivity index (χ1) is 16.6. The van der Waals surface area contributed by atoms with E-state index < -0.39 is 17.8 Å². The van der Waals surface area contributed by atoms with E-state index in [1.54, 1.807) is 7.11 Å². The Labute approximate surface area is 204 Å². The Morgan fingerprint density at radius 3 is 2.69 bits per heavy atom. The number of benzene rings is 1. The molecule has 1 saturated carbocycles. The molecule has 7 nitrogen and oxygen atoms in total. The molecule has 0 unspecified atom stereocenters. The zero-order valence-electron chi connectivity index (χ0n) is 20.7. The molecule has 1 aromatic heterocycles. The first kappa shape index (κ1) is 25.6. The van der Waals surface area contributed by atoms with E-state index in [-0.39, 0.29) is 29.1 Å². The van der Waals surface area contributed by atoms with Crippen LogP contribution in [0.2, 0.25) is 0 Å². The summed E-state index contributed by atoms with van der Waals surface area (Å²) in [6.07, 6.45) is 0.273. The number of methoxy groups -OCH3 is 1. The van der Waals surface area contributed by atoms with Crippen LogP contribution in [0.5, 0.6) is 0 Å². The van der Waals surface area contributed by atoms with Gasteiger partial charge in [-0.1, -0.05) is 0 Å². The Hall–Kier alpha value is -2.46. The molecule has 4 atom stereocenters. The van der Waals surface area contributed by atoms with Crippen LogP contribution in [0.25, 0.3) is 10.9 Å². The van der Waals surface area contributed by atoms with Crippen molar-refractivity contribution in [2.24, 2.45) is 5.92 Å². The van der Waals surface area contributed by atoms with Crippen LogP contribution in [0.15, 0.2) is 24.5 Å². The van der Waals surface area contributed by atoms with Gasteiger partial charge in [-0.25, -0.2) is 9.97 Å². The molecule has 2 aromatic rings. The van der Waals surface area contributed by atoms with Gasteiger partial charge in [-0.05, 0) is 64.8 Å². The Morgan fingerprint density at radius 2 is 2.00 bits per heavy atom. The number of alkyl halides is 3. The first-order valence-corrected chi connectivity index (χ1v) is 12.2. The van der Waals surface area contributed by atoms with Gasteiger partial charge in [-0.15, -0.1) is 0 Å². The van der Waals surface area contributed by atoms with Gasteiger partial charge in [0.05, 0.1) is 17.7 Å². The second-order valence-corrected chi connectivity index (χ2v) is 9.98. The molecule has 0 spiro atoms. The quantitative estimate of drug-likeness (QED) is 0.624. The number of anilines is 1. The SMILES string of the molecule is COC[C@H]1C[C@H](N(C)C(C)C)CC[C@@H]1N1CC[C@H](Nc2ncnc3ccc(C(F)(F)F)cc23)C1=O. The number of nitrogens with zero attached hydrogens (tertiary/aromatic N) is 4. The van der Waals surface area contributed by atoms with Gasteiger partial charge in [-0.3, -0.25) is 4.79 Å². The number of aromatic nitrogens is 2. The highest BCUT2D eigenvalue weighted by Crippen LogP contribution is 2.36. The Balaban J connectivity index is 1.50. The summed E-state index contributed by atoms with van der Waals surface area (Å²) in [4.78, 5) is 26.0. The number of carbonyl (C=O) groups excluding carboxylic acids is 1. The van der Waals surface area contributed by atoms with Crippen LogP contribution in [0.3, 0.4) is 0 Å². The molecule has 1 aromatic carbocycles. The lowest BCUT2D eigenvalue weighted by Crippen LogP contribution is -2.52. The topological polar surface area (TPSA) is 70.6 Å². The van der Waals surface area contributed by atoms with Crippen LogP contribution in [0.1, 0.15) is 45.1 Å². The average Bonchev–Trinajstić information content (AvgIpc) is 3.17. The van der Waals surface area contributed by atoms with Crippen LogP contribution in [0, 0.1) is 5.92 Å². The van der Waals surface area contributed by atoms with E-state index in [0.29, 0.717) is 37.2 Å². The highest BCUT2D eigenvalue weighted by molar-refractivity contribution is 5.93. The third-order valence-corrected chi connectivity index (χ3v) is 7.60. The molecule has 0 radical (unpaired) electrons. The molecule has 0 bridgehead atoms. The van der Waals surface area contributed by atoms with Crippen molar-refractivity contribution < 1.29 is 22.7 Å². The minimum Gasteiger partial charge on any atom is -0.384 e. The van der Waals surface area contributed by atoms with Crippen molar-refractivity contribution in [3.05, 3.63) is 30.1 Å². The molecule has 10 heteroatoms. The fraction of sp³-hybridized carbons (Fsp3) is 0.640. The Morgan fingerprint density at radius 1 is 1.23 bits per heavy atom. The number of hydrogen-bond acceptors (Lipinski definition) is 6. The summed E-state index contributed by atoms with van der Waals surface area (Å²) in [5.41, 5.74) is -0.377. The van der Waals surface area contributed by atoms with E-state index in [1.807, 2.05) is 4.90 Å². The second kappa shape index (κ2) is 10.3. The molecule has 2 heterocycles. The van der Waals surface area contributed by atoms with Crippen molar-refractivity contribution in [3.8, 4) is 0 Å². The summed E-state index contributed by atoms with van der Waals surface area (Å²) >= 11 is 0. The standard InChI is InChI=1S/C25H34F3N5O2/c1-15(2)32(3)18-6-8-22(16(11-18)13-35-4)33-10-9-21(24(33)34)31-23-19-12-17(25(26,27)28)5-7-20(19)29-14-30-23/h5,7,12,14-16,18,21-22H,6,8-11,13H2,1-4H3,(H,29,30,31)/t16-,18-,21+,22+/m1/s1. The highest BCUT2D eigenvalue weighted by atomic mass is 19.4. The van der Waals surface area contributed by atoms with Crippen LogP contribution in [-0.2, 0) is 15.7 Å². The number of nitrogens with one attached hydrogen (secondary N) is 1. The fourth-order valence-corrected chi connectivity index (χ4v) is 5.50. The lowest BCUT2D eigenvalue weighted by molar-refractivity contribution is -0.137. The first-order valence-electron chi connectivity index (χ1n) is 12.2. The molecule has 1 saturated heterocycles. The third kappa shape index (κ3) is 5.38. The predicted octanol–water partition coefficient (Wildman–Crippen LogP) is 4.19. The van der Waals surface area contributed by atoms with E-state index in [1.165, 1.54) is 12.4 Å². The summed E-state index contributed by atoms with van der Waals surface area (Å²) in [6, 6.07) is 3.82. The van der Waals surface area contributed by atoms with Gasteiger partial charge in [0.2, 0.25) is 5.91 Å². The maximum atomic E-state index is 13.4. The van der Waals surface area contributed by atoms with Gasteiger partial charge in [0, 0.05) is 43.1 Å². The van der Waals surface area contributed by atoms with Crippen molar-refractivity contribution in [1.82, 2.24) is 19.8 Å². The van der Waals surface area contributed by atoms with Crippen molar-refractivity contribution in [1.29, 1.82) is 0 Å². The van der Waals surface area contributed by atoms with Gasteiger partial charge < -0.3 is 19.9 Å². The number of fused-ring (bicyclic) bond motifs is 1. The molecule has 4 rings (SSSR count). The van der Waals surface area contributed by atoms with Gasteiger partial charge in [0.25, 0.3) is 0 Å². The van der Waals surface area contributed by atoms with E-state index in [0.717, 1.165) is 31.4 Å². The van der Waals surface area contributed by atoms with Gasteiger partial charge >= 0.3 is 6.18 Å². The summed E-state index contributed by atoms with van der Waals surface area (Å²) < 4.78 is 45.3. The summed E-state index contributed by atoms with van der Waals surface area (Å²) in [5.74, 6) is 0.444. The number of halogens is 3. The Bertz CT molecular complexity index is 1050. The molecular formula is C25H34F3N5O2. The fourth-order valence-electron chi connectivity index (χ4n) is 5.50. The lowest BCUT2D eigenvalue weighted by atomic mass is 9.80. The second-order valence-electron chi connectivity index (χ2n) is 9.98. The van der Waals surface area contributed by atoms with E-state index in [4.69, 9.17) is 4.74 Å². The van der Waals surface area contributed by atoms with Gasteiger partial charge in [0.15, 0.2) is 0 Å². The number of ether oxygens (including phenoxy) is 1. The summed E-state index contributed by atoms with van der Waals surface area (Å²) in [6.45, 7) is 5.56. The van der Waals surface area contributed by atoms with Crippen LogP contribution in [-0.4, -0.2) is 77.2 Å². The van der Waals surface area contributed by atoms with Gasteiger partial charge in [0.1, 0.15) is 18.2 Å². The van der Waals surface area contributed by atoms with Crippen LogP contribution < -0.4 is 5.32 Å². The number of amides is 1. The molecule has 1 aliphatic carbocycles. The Kier molecular flexibility index (Phi) is 7.51. The zero-order valence-corrected chi connectivity index (χ0v) is 20.7. The van der Waals surface area contributed by atoms with E-state index in [9.17, 15) is 18.0 Å². The smallest absolute Gasteiger partial charge is 0.384 e. The van der Waals surface area contributed by atoms with E-state index in [2.05, 4.69) is 41.1 Å². The zero-order chi connectivity index (χ0) is 25.3. The minimum absolute atomic E-state index is 0.0366. The molecule has 192 valence electrons. The molecule has 1 aliphatic heterocycles. The van der Waals surface area contributed by atoms with Crippen LogP contribution in [0.4, 0.5) is 19.0 Å². The van der Waals surface area contributed by atoms with Crippen molar-refractivity contribution in [3.63, 3.8) is 0 Å². The molecule has 1 amide bonds. The number of rotatable bonds is 7. The van der Waals surface area contributed by atoms with Crippen molar-refractivity contribution in [2.75, 3.05) is 32.6 Å².